The van der Waals surface area contributed by atoms with Crippen molar-refractivity contribution in [2.45, 2.75) is 6.54 Å². The van der Waals surface area contributed by atoms with Gasteiger partial charge in [0, 0.05) is 25.0 Å². The molecule has 0 atom stereocenters. The lowest BCUT2D eigenvalue weighted by Crippen LogP contribution is -2.23. The first kappa shape index (κ1) is 21.4. The van der Waals surface area contributed by atoms with E-state index in [2.05, 4.69) is 5.32 Å². The van der Waals surface area contributed by atoms with Gasteiger partial charge in [-0.3, -0.25) is 4.79 Å². The zero-order valence-electron chi connectivity index (χ0n) is 17.2. The summed E-state index contributed by atoms with van der Waals surface area (Å²) in [5.74, 6) is 1.62. The Labute approximate surface area is 180 Å². The third kappa shape index (κ3) is 4.31. The number of hydrogen-bond acceptors (Lipinski definition) is 5. The Morgan fingerprint density at radius 1 is 0.900 bits per heavy atom. The Morgan fingerprint density at radius 2 is 1.50 bits per heavy atom. The van der Waals surface area contributed by atoms with Crippen LogP contribution in [0.1, 0.15) is 15.9 Å². The Kier molecular flexibility index (Phi) is 6.74. The first-order valence-corrected chi connectivity index (χ1v) is 9.48. The second kappa shape index (κ2) is 9.45. The molecule has 8 heteroatoms. The van der Waals surface area contributed by atoms with E-state index in [-0.39, 0.29) is 12.5 Å². The Bertz CT molecular complexity index is 1010. The average molecular weight is 431 g/mol. The second-order valence-corrected chi connectivity index (χ2v) is 6.72. The summed E-state index contributed by atoms with van der Waals surface area (Å²) in [5, 5.41) is 3.31. The van der Waals surface area contributed by atoms with Gasteiger partial charge in [0.05, 0.1) is 44.7 Å². The van der Waals surface area contributed by atoms with E-state index in [0.717, 1.165) is 11.3 Å². The zero-order chi connectivity index (χ0) is 21.7. The number of amides is 1. The van der Waals surface area contributed by atoms with Crippen LogP contribution in [0.25, 0.3) is 5.69 Å². The summed E-state index contributed by atoms with van der Waals surface area (Å²) in [6.45, 7) is 0.246. The van der Waals surface area contributed by atoms with E-state index in [9.17, 15) is 4.79 Å². The van der Waals surface area contributed by atoms with Gasteiger partial charge in [-0.2, -0.15) is 0 Å². The molecule has 1 amide bonds. The third-order valence-corrected chi connectivity index (χ3v) is 4.88. The molecule has 7 nitrogen and oxygen atoms in total. The summed E-state index contributed by atoms with van der Waals surface area (Å²) < 4.78 is 23.3. The lowest BCUT2D eigenvalue weighted by molar-refractivity contribution is 0.0948. The van der Waals surface area contributed by atoms with Gasteiger partial charge in [-0.05, 0) is 35.9 Å². The van der Waals surface area contributed by atoms with Crippen molar-refractivity contribution in [2.75, 3.05) is 28.4 Å². The summed E-state index contributed by atoms with van der Waals surface area (Å²) in [6.07, 6.45) is 3.73. The van der Waals surface area contributed by atoms with Crippen LogP contribution in [0.4, 0.5) is 0 Å². The largest absolute Gasteiger partial charge is 0.496 e. The number of benzene rings is 2. The van der Waals surface area contributed by atoms with Crippen LogP contribution in [0.3, 0.4) is 0 Å². The number of carbonyl (C=O) groups excluding carboxylic acids is 1. The molecule has 0 saturated heterocycles. The smallest absolute Gasteiger partial charge is 0.255 e. The monoisotopic (exact) mass is 430 g/mol. The van der Waals surface area contributed by atoms with Crippen LogP contribution < -0.4 is 24.3 Å². The van der Waals surface area contributed by atoms with E-state index in [1.165, 1.54) is 14.2 Å². The van der Waals surface area contributed by atoms with Gasteiger partial charge in [0.15, 0.2) is 11.5 Å². The average Bonchev–Trinajstić information content (AvgIpc) is 3.30. The summed E-state index contributed by atoms with van der Waals surface area (Å²) in [5.41, 5.74) is 1.84. The Hall–Kier alpha value is -3.32. The van der Waals surface area contributed by atoms with Crippen molar-refractivity contribution in [3.05, 3.63) is 64.9 Å². The number of ether oxygens (including phenoxy) is 4. The van der Waals surface area contributed by atoms with Crippen LogP contribution in [0.15, 0.2) is 48.8 Å². The number of carbonyl (C=O) groups is 1. The molecule has 0 saturated carbocycles. The minimum absolute atomic E-state index is 0.246. The third-order valence-electron chi connectivity index (χ3n) is 4.57. The molecule has 0 radical (unpaired) electrons. The predicted molar refractivity (Wildman–Crippen MR) is 115 cm³/mol. The molecule has 0 aliphatic rings. The Morgan fingerprint density at radius 3 is 2.03 bits per heavy atom. The van der Waals surface area contributed by atoms with Crippen molar-refractivity contribution in [1.82, 2.24) is 9.88 Å². The van der Waals surface area contributed by atoms with E-state index in [1.54, 1.807) is 38.5 Å². The van der Waals surface area contributed by atoms with Gasteiger partial charge in [-0.25, -0.2) is 0 Å². The number of rotatable bonds is 8. The molecule has 2 aromatic carbocycles. The van der Waals surface area contributed by atoms with E-state index < -0.39 is 0 Å². The van der Waals surface area contributed by atoms with Crippen molar-refractivity contribution in [1.29, 1.82) is 0 Å². The minimum atomic E-state index is -0.318. The van der Waals surface area contributed by atoms with Gasteiger partial charge in [0.2, 0.25) is 5.75 Å². The standard InChI is InChI=1S/C22H23ClN2O5/c1-27-18-12-17(25-7-5-6-8-25)16(23)11-15(18)22(26)24-13-14-9-19(28-2)21(30-4)20(10-14)29-3/h5-12H,13H2,1-4H3,(H,24,26). The van der Waals surface area contributed by atoms with Crippen LogP contribution in [-0.2, 0) is 6.54 Å². The SMILES string of the molecule is COc1cc(-n2cccc2)c(Cl)cc1C(=O)NCc1cc(OC)c(OC)c(OC)c1. The lowest BCUT2D eigenvalue weighted by Gasteiger charge is -2.15. The molecule has 0 aliphatic carbocycles. The fourth-order valence-corrected chi connectivity index (χ4v) is 3.36. The highest BCUT2D eigenvalue weighted by atomic mass is 35.5. The molecule has 1 aromatic heterocycles. The lowest BCUT2D eigenvalue weighted by atomic mass is 10.1. The molecule has 0 bridgehead atoms. The summed E-state index contributed by atoms with van der Waals surface area (Å²) in [4.78, 5) is 12.8. The first-order chi connectivity index (χ1) is 14.5. The van der Waals surface area contributed by atoms with Gasteiger partial charge >= 0.3 is 0 Å². The summed E-state index contributed by atoms with van der Waals surface area (Å²) >= 11 is 6.42. The van der Waals surface area contributed by atoms with Gasteiger partial charge in [0.1, 0.15) is 5.75 Å². The summed E-state index contributed by atoms with van der Waals surface area (Å²) in [6, 6.07) is 10.7. The van der Waals surface area contributed by atoms with E-state index in [4.69, 9.17) is 30.5 Å². The minimum Gasteiger partial charge on any atom is -0.496 e. The number of aromatic nitrogens is 1. The molecule has 1 N–H and O–H groups in total. The van der Waals surface area contributed by atoms with Crippen LogP contribution in [0, 0.1) is 0 Å². The number of nitrogens with one attached hydrogen (secondary N) is 1. The fraction of sp³-hybridized carbons (Fsp3) is 0.227. The Balaban J connectivity index is 1.84. The highest BCUT2D eigenvalue weighted by Crippen LogP contribution is 2.38. The molecule has 0 spiro atoms. The highest BCUT2D eigenvalue weighted by Gasteiger charge is 2.18. The first-order valence-electron chi connectivity index (χ1n) is 9.10. The van der Waals surface area contributed by atoms with Crippen molar-refractivity contribution in [3.63, 3.8) is 0 Å². The van der Waals surface area contributed by atoms with Gasteiger partial charge in [-0.1, -0.05) is 11.6 Å². The zero-order valence-corrected chi connectivity index (χ0v) is 17.9. The van der Waals surface area contributed by atoms with E-state index in [1.807, 2.05) is 29.1 Å². The molecular formula is C22H23ClN2O5. The van der Waals surface area contributed by atoms with Crippen molar-refractivity contribution >= 4 is 17.5 Å². The van der Waals surface area contributed by atoms with Crippen molar-refractivity contribution in [2.24, 2.45) is 0 Å². The molecule has 158 valence electrons. The number of nitrogens with zero attached hydrogens (tertiary/aromatic N) is 1. The maximum Gasteiger partial charge on any atom is 0.255 e. The molecule has 3 aromatic rings. The van der Waals surface area contributed by atoms with Gasteiger partial charge < -0.3 is 28.8 Å². The fourth-order valence-electron chi connectivity index (χ4n) is 3.10. The predicted octanol–water partition coefficient (Wildman–Crippen LogP) is 4.10. The molecule has 1 heterocycles. The maximum absolute atomic E-state index is 12.8. The second-order valence-electron chi connectivity index (χ2n) is 6.31. The topological polar surface area (TPSA) is 71.0 Å². The van der Waals surface area contributed by atoms with Gasteiger partial charge in [-0.15, -0.1) is 0 Å². The van der Waals surface area contributed by atoms with E-state index >= 15 is 0 Å². The van der Waals surface area contributed by atoms with Crippen molar-refractivity contribution < 1.29 is 23.7 Å². The van der Waals surface area contributed by atoms with Crippen LogP contribution in [0.5, 0.6) is 23.0 Å². The molecule has 0 fully saturated rings. The summed E-state index contributed by atoms with van der Waals surface area (Å²) in [7, 11) is 6.13. The molecule has 0 unspecified atom stereocenters. The van der Waals surface area contributed by atoms with Crippen LogP contribution in [0.2, 0.25) is 5.02 Å². The molecule has 30 heavy (non-hydrogen) atoms. The van der Waals surface area contributed by atoms with Crippen LogP contribution in [-0.4, -0.2) is 38.9 Å². The number of hydrogen-bond donors (Lipinski definition) is 1. The normalized spacial score (nSPS) is 10.4. The number of methoxy groups -OCH3 is 4. The number of halogens is 1. The molecule has 0 aliphatic heterocycles. The maximum atomic E-state index is 12.8. The van der Waals surface area contributed by atoms with E-state index in [0.29, 0.717) is 33.6 Å². The van der Waals surface area contributed by atoms with Gasteiger partial charge in [0.25, 0.3) is 5.91 Å². The van der Waals surface area contributed by atoms with Crippen molar-refractivity contribution in [3.8, 4) is 28.7 Å². The molecular weight excluding hydrogens is 408 g/mol. The molecule has 3 rings (SSSR count). The van der Waals surface area contributed by atoms with Crippen LogP contribution >= 0.6 is 11.6 Å². The highest BCUT2D eigenvalue weighted by molar-refractivity contribution is 6.33. The quantitative estimate of drug-likeness (QED) is 0.582.